The molecule has 0 atom stereocenters. The van der Waals surface area contributed by atoms with Crippen molar-refractivity contribution in [2.75, 3.05) is 39.4 Å². The van der Waals surface area contributed by atoms with E-state index in [4.69, 9.17) is 4.74 Å². The quantitative estimate of drug-likeness (QED) is 0.678. The molecule has 0 spiro atoms. The largest absolute Gasteiger partial charge is 0.379 e. The zero-order valence-electron chi connectivity index (χ0n) is 17.0. The zero-order chi connectivity index (χ0) is 21.8. The summed E-state index contributed by atoms with van der Waals surface area (Å²) >= 11 is 2.68. The molecule has 2 aromatic heterocycles. The summed E-state index contributed by atoms with van der Waals surface area (Å²) < 4.78 is 32.4. The standard InChI is InChI=1S/C20H25N3O5S3/c24-19(15-3-6-22(7-4-15)20(25)16-5-12-29-14-16)21-13-17-1-2-18(30-17)31(26,27)23-8-10-28-11-9-23/h1-2,5,12,14-15H,3-4,6-11,13H2,(H,21,24). The average Bonchev–Trinajstić information content (AvgIpc) is 3.50. The molecule has 168 valence electrons. The summed E-state index contributed by atoms with van der Waals surface area (Å²) in [4.78, 5) is 27.6. The maximum atomic E-state index is 12.7. The van der Waals surface area contributed by atoms with Crippen LogP contribution in [0.1, 0.15) is 28.1 Å². The fourth-order valence-corrected chi connectivity index (χ4v) is 7.23. The summed E-state index contributed by atoms with van der Waals surface area (Å²) in [5.41, 5.74) is 0.702. The van der Waals surface area contributed by atoms with Crippen LogP contribution in [-0.4, -0.2) is 68.8 Å². The maximum Gasteiger partial charge on any atom is 0.254 e. The molecule has 31 heavy (non-hydrogen) atoms. The molecule has 8 nitrogen and oxygen atoms in total. The summed E-state index contributed by atoms with van der Waals surface area (Å²) in [6.07, 6.45) is 1.26. The fourth-order valence-electron chi connectivity index (χ4n) is 3.74. The van der Waals surface area contributed by atoms with Gasteiger partial charge in [0, 0.05) is 42.4 Å². The molecule has 2 aliphatic heterocycles. The van der Waals surface area contributed by atoms with Gasteiger partial charge in [0.05, 0.1) is 25.3 Å². The molecule has 0 radical (unpaired) electrons. The Balaban J connectivity index is 1.26. The minimum Gasteiger partial charge on any atom is -0.379 e. The number of rotatable bonds is 6. The van der Waals surface area contributed by atoms with Gasteiger partial charge in [-0.3, -0.25) is 9.59 Å². The summed E-state index contributed by atoms with van der Waals surface area (Å²) in [7, 11) is -3.51. The molecule has 0 aromatic carbocycles. The molecule has 11 heteroatoms. The first kappa shape index (κ1) is 22.4. The van der Waals surface area contributed by atoms with Crippen molar-refractivity contribution in [3.63, 3.8) is 0 Å². The zero-order valence-corrected chi connectivity index (χ0v) is 19.4. The Kier molecular flexibility index (Phi) is 7.07. The molecule has 0 aliphatic carbocycles. The minimum atomic E-state index is -3.51. The highest BCUT2D eigenvalue weighted by atomic mass is 32.2. The van der Waals surface area contributed by atoms with Crippen LogP contribution in [0.2, 0.25) is 0 Å². The molecule has 0 bridgehead atoms. The second-order valence-electron chi connectivity index (χ2n) is 7.53. The van der Waals surface area contributed by atoms with Crippen molar-refractivity contribution in [2.24, 2.45) is 5.92 Å². The van der Waals surface area contributed by atoms with Crippen molar-refractivity contribution in [3.05, 3.63) is 39.4 Å². The van der Waals surface area contributed by atoms with Gasteiger partial charge in [-0.15, -0.1) is 11.3 Å². The van der Waals surface area contributed by atoms with Gasteiger partial charge in [0.1, 0.15) is 4.21 Å². The van der Waals surface area contributed by atoms with Crippen LogP contribution in [-0.2, 0) is 26.1 Å². The predicted octanol–water partition coefficient (Wildman–Crippen LogP) is 2.00. The number of hydrogen-bond donors (Lipinski definition) is 1. The Bertz CT molecular complexity index is 1000. The number of nitrogens with one attached hydrogen (secondary N) is 1. The number of ether oxygens (including phenoxy) is 1. The normalized spacial score (nSPS) is 18.8. The van der Waals surface area contributed by atoms with E-state index >= 15 is 0 Å². The summed E-state index contributed by atoms with van der Waals surface area (Å²) in [6, 6.07) is 5.17. The molecule has 2 aliphatic rings. The number of carbonyl (C=O) groups excluding carboxylic acids is 2. The molecule has 0 unspecified atom stereocenters. The maximum absolute atomic E-state index is 12.7. The number of sulfonamides is 1. The van der Waals surface area contributed by atoms with Gasteiger partial charge < -0.3 is 15.0 Å². The lowest BCUT2D eigenvalue weighted by Crippen LogP contribution is -2.42. The summed E-state index contributed by atoms with van der Waals surface area (Å²) in [5, 5.41) is 6.65. The molecule has 2 aromatic rings. The van der Waals surface area contributed by atoms with Crippen LogP contribution in [0.4, 0.5) is 0 Å². The highest BCUT2D eigenvalue weighted by Crippen LogP contribution is 2.26. The van der Waals surface area contributed by atoms with Crippen LogP contribution in [0.15, 0.2) is 33.2 Å². The summed E-state index contributed by atoms with van der Waals surface area (Å²) in [6.45, 7) is 2.97. The first-order valence-electron chi connectivity index (χ1n) is 10.2. The second kappa shape index (κ2) is 9.78. The fraction of sp³-hybridized carbons (Fsp3) is 0.500. The number of morpholine rings is 1. The van der Waals surface area contributed by atoms with Crippen molar-refractivity contribution in [1.82, 2.24) is 14.5 Å². The lowest BCUT2D eigenvalue weighted by atomic mass is 9.95. The monoisotopic (exact) mass is 483 g/mol. The number of amides is 2. The molecular weight excluding hydrogens is 458 g/mol. The van der Waals surface area contributed by atoms with Crippen molar-refractivity contribution in [2.45, 2.75) is 23.6 Å². The first-order chi connectivity index (χ1) is 14.9. The molecule has 2 saturated heterocycles. The van der Waals surface area contributed by atoms with Gasteiger partial charge in [0.2, 0.25) is 5.91 Å². The van der Waals surface area contributed by atoms with Gasteiger partial charge >= 0.3 is 0 Å². The summed E-state index contributed by atoms with van der Waals surface area (Å²) in [5.74, 6) is -0.163. The van der Waals surface area contributed by atoms with Crippen LogP contribution in [0, 0.1) is 5.92 Å². The Labute approximate surface area is 189 Å². The number of carbonyl (C=O) groups is 2. The van der Waals surface area contributed by atoms with E-state index in [1.54, 1.807) is 17.0 Å². The molecule has 4 heterocycles. The topological polar surface area (TPSA) is 96.0 Å². The van der Waals surface area contributed by atoms with Crippen LogP contribution in [0.25, 0.3) is 0 Å². The lowest BCUT2D eigenvalue weighted by Gasteiger charge is -2.31. The molecule has 2 amide bonds. The SMILES string of the molecule is O=C(NCc1ccc(S(=O)(=O)N2CCOCC2)s1)C1CCN(C(=O)c2ccsc2)CC1. The third-order valence-electron chi connectivity index (χ3n) is 5.56. The van der Waals surface area contributed by atoms with E-state index in [0.717, 1.165) is 4.88 Å². The molecule has 1 N–H and O–H groups in total. The average molecular weight is 484 g/mol. The van der Waals surface area contributed by atoms with Crippen LogP contribution in [0.5, 0.6) is 0 Å². The van der Waals surface area contributed by atoms with E-state index in [1.807, 2.05) is 16.8 Å². The van der Waals surface area contributed by atoms with E-state index in [1.165, 1.54) is 27.0 Å². The Morgan fingerprint density at radius 2 is 1.84 bits per heavy atom. The number of nitrogens with zero attached hydrogens (tertiary/aromatic N) is 2. The van der Waals surface area contributed by atoms with E-state index in [0.29, 0.717) is 68.6 Å². The second-order valence-corrected chi connectivity index (χ2v) is 11.6. The first-order valence-corrected chi connectivity index (χ1v) is 13.4. The lowest BCUT2D eigenvalue weighted by molar-refractivity contribution is -0.126. The molecule has 4 rings (SSSR count). The predicted molar refractivity (Wildman–Crippen MR) is 119 cm³/mol. The Hall–Kier alpha value is -1.79. The van der Waals surface area contributed by atoms with Crippen LogP contribution >= 0.6 is 22.7 Å². The van der Waals surface area contributed by atoms with Crippen molar-refractivity contribution in [3.8, 4) is 0 Å². The van der Waals surface area contributed by atoms with Crippen molar-refractivity contribution >= 4 is 44.5 Å². The third kappa shape index (κ3) is 5.17. The number of piperidine rings is 1. The van der Waals surface area contributed by atoms with Gasteiger partial charge in [-0.05, 0) is 36.4 Å². The van der Waals surface area contributed by atoms with Gasteiger partial charge in [-0.1, -0.05) is 0 Å². The van der Waals surface area contributed by atoms with Crippen LogP contribution in [0.3, 0.4) is 0 Å². The highest BCUT2D eigenvalue weighted by molar-refractivity contribution is 7.91. The molecule has 2 fully saturated rings. The third-order valence-corrected chi connectivity index (χ3v) is 9.69. The number of hydrogen-bond acceptors (Lipinski definition) is 7. The van der Waals surface area contributed by atoms with Gasteiger partial charge in [-0.2, -0.15) is 15.6 Å². The Morgan fingerprint density at radius 3 is 2.52 bits per heavy atom. The van der Waals surface area contributed by atoms with Crippen LogP contribution < -0.4 is 5.32 Å². The Morgan fingerprint density at radius 1 is 1.10 bits per heavy atom. The number of thiophene rings is 2. The highest BCUT2D eigenvalue weighted by Gasteiger charge is 2.29. The minimum absolute atomic E-state index is 0.0210. The van der Waals surface area contributed by atoms with E-state index in [9.17, 15) is 18.0 Å². The van der Waals surface area contributed by atoms with Gasteiger partial charge in [0.15, 0.2) is 0 Å². The van der Waals surface area contributed by atoms with E-state index < -0.39 is 10.0 Å². The van der Waals surface area contributed by atoms with Crippen molar-refractivity contribution in [1.29, 1.82) is 0 Å². The van der Waals surface area contributed by atoms with E-state index in [2.05, 4.69) is 5.32 Å². The smallest absolute Gasteiger partial charge is 0.254 e. The molecule has 0 saturated carbocycles. The van der Waals surface area contributed by atoms with Gasteiger partial charge in [-0.25, -0.2) is 8.42 Å². The van der Waals surface area contributed by atoms with Gasteiger partial charge in [0.25, 0.3) is 15.9 Å². The number of likely N-dealkylation sites (tertiary alicyclic amines) is 1. The van der Waals surface area contributed by atoms with E-state index in [-0.39, 0.29) is 17.7 Å². The molecular formula is C20H25N3O5S3. The van der Waals surface area contributed by atoms with Crippen molar-refractivity contribution < 1.29 is 22.7 Å².